The van der Waals surface area contributed by atoms with Crippen LogP contribution in [-0.4, -0.2) is 12.1 Å². The summed E-state index contributed by atoms with van der Waals surface area (Å²) in [5.41, 5.74) is 0.121. The molecule has 3 nitrogen and oxygen atoms in total. The number of halogens is 2. The molecule has 2 fully saturated rings. The second-order valence-corrected chi connectivity index (χ2v) is 5.81. The van der Waals surface area contributed by atoms with Crippen LogP contribution in [0.25, 0.3) is 0 Å². The van der Waals surface area contributed by atoms with E-state index in [1.807, 2.05) is 0 Å². The van der Waals surface area contributed by atoms with Crippen molar-refractivity contribution >= 4 is 23.3 Å². The lowest BCUT2D eigenvalue weighted by Gasteiger charge is -2.18. The van der Waals surface area contributed by atoms with E-state index in [0.29, 0.717) is 11.8 Å². The minimum atomic E-state index is -0.589. The molecule has 0 radical (unpaired) electrons. The first-order valence-electron chi connectivity index (χ1n) is 6.66. The highest BCUT2D eigenvalue weighted by molar-refractivity contribution is 6.31. The highest BCUT2D eigenvalue weighted by Crippen LogP contribution is 2.44. The molecule has 0 atom stereocenters. The summed E-state index contributed by atoms with van der Waals surface area (Å²) in [6, 6.07) is 4.48. The summed E-state index contributed by atoms with van der Waals surface area (Å²) >= 11 is 5.68. The molecular formula is C14H16ClFN2O. The lowest BCUT2D eigenvalue weighted by atomic mass is 10.1. The Morgan fingerprint density at radius 3 is 2.47 bits per heavy atom. The van der Waals surface area contributed by atoms with Gasteiger partial charge in [0, 0.05) is 6.04 Å². The van der Waals surface area contributed by atoms with Crippen molar-refractivity contribution in [2.45, 2.75) is 31.7 Å². The Kier molecular flexibility index (Phi) is 3.35. The predicted molar refractivity (Wildman–Crippen MR) is 72.8 cm³/mol. The average Bonchev–Trinajstić information content (AvgIpc) is 3.26. The Bertz CT molecular complexity index is 488. The third-order valence-corrected chi connectivity index (χ3v) is 4.05. The molecule has 2 N–H and O–H groups in total. The number of urea groups is 1. The van der Waals surface area contributed by atoms with Crippen molar-refractivity contribution in [3.63, 3.8) is 0 Å². The quantitative estimate of drug-likeness (QED) is 0.867. The van der Waals surface area contributed by atoms with Crippen molar-refractivity contribution in [1.82, 2.24) is 5.32 Å². The van der Waals surface area contributed by atoms with E-state index in [-0.39, 0.29) is 22.8 Å². The van der Waals surface area contributed by atoms with E-state index < -0.39 is 5.82 Å². The van der Waals surface area contributed by atoms with Crippen LogP contribution in [0.15, 0.2) is 18.2 Å². The van der Waals surface area contributed by atoms with E-state index in [9.17, 15) is 9.18 Å². The van der Waals surface area contributed by atoms with Crippen molar-refractivity contribution in [2.75, 3.05) is 5.32 Å². The standard InChI is InChI=1S/C14H16ClFN2O/c15-10-2-1-3-11(12(10)16)17-14(19)18-13(8-4-5-8)9-6-7-9/h1-3,8-9,13H,4-7H2,(H2,17,18,19). The van der Waals surface area contributed by atoms with Crippen LogP contribution in [-0.2, 0) is 0 Å². The third-order valence-electron chi connectivity index (χ3n) is 3.76. The molecule has 0 bridgehead atoms. The topological polar surface area (TPSA) is 41.1 Å². The highest BCUT2D eigenvalue weighted by Gasteiger charge is 2.42. The van der Waals surface area contributed by atoms with E-state index in [4.69, 9.17) is 11.6 Å². The van der Waals surface area contributed by atoms with Gasteiger partial charge in [0.25, 0.3) is 0 Å². The van der Waals surface area contributed by atoms with E-state index in [1.54, 1.807) is 6.07 Å². The van der Waals surface area contributed by atoms with Gasteiger partial charge in [0.1, 0.15) is 0 Å². The Hall–Kier alpha value is -1.29. The molecule has 0 unspecified atom stereocenters. The summed E-state index contributed by atoms with van der Waals surface area (Å²) in [7, 11) is 0. The highest BCUT2D eigenvalue weighted by atomic mass is 35.5. The zero-order chi connectivity index (χ0) is 13.4. The van der Waals surface area contributed by atoms with Crippen molar-refractivity contribution in [3.05, 3.63) is 29.0 Å². The maximum Gasteiger partial charge on any atom is 0.319 e. The Labute approximate surface area is 116 Å². The average molecular weight is 283 g/mol. The lowest BCUT2D eigenvalue weighted by Crippen LogP contribution is -2.40. The smallest absolute Gasteiger partial charge is 0.319 e. The zero-order valence-corrected chi connectivity index (χ0v) is 11.2. The number of hydrogen-bond acceptors (Lipinski definition) is 1. The minimum Gasteiger partial charge on any atom is -0.335 e. The van der Waals surface area contributed by atoms with Gasteiger partial charge in [-0.05, 0) is 49.7 Å². The second kappa shape index (κ2) is 5.00. The Balaban J connectivity index is 1.62. The maximum absolute atomic E-state index is 13.7. The van der Waals surface area contributed by atoms with Crippen LogP contribution in [0.5, 0.6) is 0 Å². The largest absolute Gasteiger partial charge is 0.335 e. The first-order valence-corrected chi connectivity index (χ1v) is 7.04. The number of anilines is 1. The summed E-state index contributed by atoms with van der Waals surface area (Å²) in [5, 5.41) is 5.53. The number of carbonyl (C=O) groups excluding carboxylic acids is 1. The zero-order valence-electron chi connectivity index (χ0n) is 10.5. The molecule has 0 saturated heterocycles. The van der Waals surface area contributed by atoms with Crippen molar-refractivity contribution < 1.29 is 9.18 Å². The molecule has 2 amide bonds. The first-order chi connectivity index (χ1) is 9.15. The predicted octanol–water partition coefficient (Wildman–Crippen LogP) is 3.79. The van der Waals surface area contributed by atoms with Crippen LogP contribution >= 0.6 is 11.6 Å². The lowest BCUT2D eigenvalue weighted by molar-refractivity contribution is 0.244. The Morgan fingerprint density at radius 1 is 1.26 bits per heavy atom. The van der Waals surface area contributed by atoms with Crippen molar-refractivity contribution in [2.24, 2.45) is 11.8 Å². The number of nitrogens with one attached hydrogen (secondary N) is 2. The number of rotatable bonds is 4. The fourth-order valence-corrected chi connectivity index (χ4v) is 2.62. The maximum atomic E-state index is 13.7. The van der Waals surface area contributed by atoms with Gasteiger partial charge in [-0.15, -0.1) is 0 Å². The van der Waals surface area contributed by atoms with E-state index >= 15 is 0 Å². The van der Waals surface area contributed by atoms with Crippen LogP contribution in [0.1, 0.15) is 25.7 Å². The van der Waals surface area contributed by atoms with E-state index in [0.717, 1.165) is 0 Å². The van der Waals surface area contributed by atoms with Gasteiger partial charge in [0.2, 0.25) is 0 Å². The monoisotopic (exact) mass is 282 g/mol. The molecule has 2 aliphatic rings. The molecule has 0 aliphatic heterocycles. The first kappa shape index (κ1) is 12.7. The third kappa shape index (κ3) is 3.00. The van der Waals surface area contributed by atoms with Gasteiger partial charge in [-0.25, -0.2) is 9.18 Å². The van der Waals surface area contributed by atoms with Crippen LogP contribution in [0, 0.1) is 17.7 Å². The summed E-state index contributed by atoms with van der Waals surface area (Å²) in [5.74, 6) is 0.638. The summed E-state index contributed by atoms with van der Waals surface area (Å²) in [6.07, 6.45) is 4.75. The number of carbonyl (C=O) groups is 1. The normalized spacial score (nSPS) is 18.5. The van der Waals surface area contributed by atoms with Gasteiger partial charge in [-0.2, -0.15) is 0 Å². The summed E-state index contributed by atoms with van der Waals surface area (Å²) in [6.45, 7) is 0. The number of benzene rings is 1. The van der Waals surface area contributed by atoms with Gasteiger partial charge in [-0.1, -0.05) is 17.7 Å². The van der Waals surface area contributed by atoms with Gasteiger partial charge in [0.05, 0.1) is 10.7 Å². The molecule has 2 saturated carbocycles. The van der Waals surface area contributed by atoms with Crippen LogP contribution in [0.4, 0.5) is 14.9 Å². The fraction of sp³-hybridized carbons (Fsp3) is 0.500. The molecule has 0 spiro atoms. The molecule has 5 heteroatoms. The molecule has 3 rings (SSSR count). The van der Waals surface area contributed by atoms with E-state index in [1.165, 1.54) is 37.8 Å². The van der Waals surface area contributed by atoms with Crippen LogP contribution < -0.4 is 10.6 Å². The molecular weight excluding hydrogens is 267 g/mol. The van der Waals surface area contributed by atoms with Crippen LogP contribution in [0.3, 0.4) is 0 Å². The second-order valence-electron chi connectivity index (χ2n) is 5.40. The molecule has 102 valence electrons. The molecule has 0 heterocycles. The van der Waals surface area contributed by atoms with Gasteiger partial charge in [0.15, 0.2) is 5.82 Å². The molecule has 0 aromatic heterocycles. The van der Waals surface area contributed by atoms with Gasteiger partial charge >= 0.3 is 6.03 Å². The molecule has 2 aliphatic carbocycles. The van der Waals surface area contributed by atoms with Gasteiger partial charge in [-0.3, -0.25) is 0 Å². The van der Waals surface area contributed by atoms with E-state index in [2.05, 4.69) is 10.6 Å². The van der Waals surface area contributed by atoms with Gasteiger partial charge < -0.3 is 10.6 Å². The molecule has 19 heavy (non-hydrogen) atoms. The summed E-state index contributed by atoms with van der Waals surface area (Å²) in [4.78, 5) is 11.9. The molecule has 1 aromatic rings. The van der Waals surface area contributed by atoms with Crippen LogP contribution in [0.2, 0.25) is 5.02 Å². The van der Waals surface area contributed by atoms with Crippen molar-refractivity contribution in [1.29, 1.82) is 0 Å². The fourth-order valence-electron chi connectivity index (χ4n) is 2.44. The van der Waals surface area contributed by atoms with Crippen molar-refractivity contribution in [3.8, 4) is 0 Å². The summed E-state index contributed by atoms with van der Waals surface area (Å²) < 4.78 is 13.7. The number of hydrogen-bond donors (Lipinski definition) is 2. The number of amides is 2. The Morgan fingerprint density at radius 2 is 1.89 bits per heavy atom. The molecule has 1 aromatic carbocycles. The minimum absolute atomic E-state index is 0.0127. The SMILES string of the molecule is O=C(Nc1cccc(Cl)c1F)NC(C1CC1)C1CC1.